The van der Waals surface area contributed by atoms with Gasteiger partial charge in [-0.05, 0) is 30.3 Å². The van der Waals surface area contributed by atoms with Gasteiger partial charge in [0.1, 0.15) is 17.5 Å². The van der Waals surface area contributed by atoms with E-state index in [2.05, 4.69) is 52.7 Å². The van der Waals surface area contributed by atoms with Crippen LogP contribution in [0.2, 0.25) is 0 Å². The van der Waals surface area contributed by atoms with Gasteiger partial charge in [0.2, 0.25) is 0 Å². The topological polar surface area (TPSA) is 44.9 Å². The first kappa shape index (κ1) is 13.7. The lowest BCUT2D eigenvalue weighted by Gasteiger charge is -2.32. The zero-order valence-corrected chi connectivity index (χ0v) is 13.9. The van der Waals surface area contributed by atoms with E-state index in [9.17, 15) is 0 Å². The van der Waals surface area contributed by atoms with E-state index in [-0.39, 0.29) is 6.17 Å². The molecule has 1 N–H and O–H groups in total. The molecule has 2 aliphatic heterocycles. The molecule has 0 aliphatic carbocycles. The lowest BCUT2D eigenvalue weighted by atomic mass is 10.1. The highest BCUT2D eigenvalue weighted by atomic mass is 15.4. The third-order valence-electron chi connectivity index (χ3n) is 4.99. The summed E-state index contributed by atoms with van der Waals surface area (Å²) in [6, 6.07) is 22.7. The van der Waals surface area contributed by atoms with Gasteiger partial charge in [-0.3, -0.25) is 4.90 Å². The number of pyridine rings is 1. The molecule has 4 aromatic rings. The number of aromatic nitrogens is 2. The van der Waals surface area contributed by atoms with Crippen LogP contribution in [0.15, 0.2) is 84.1 Å². The summed E-state index contributed by atoms with van der Waals surface area (Å²) >= 11 is 0. The minimum Gasteiger partial charge on any atom is -0.359 e. The maximum atomic E-state index is 4.98. The molecular formula is C21H15N5. The van der Waals surface area contributed by atoms with Gasteiger partial charge in [0.15, 0.2) is 5.84 Å². The van der Waals surface area contributed by atoms with E-state index in [1.54, 1.807) is 0 Å². The van der Waals surface area contributed by atoms with Gasteiger partial charge in [-0.15, -0.1) is 0 Å². The predicted molar refractivity (Wildman–Crippen MR) is 103 cm³/mol. The lowest BCUT2D eigenvalue weighted by Crippen LogP contribution is -2.37. The number of hydrogen-bond donors (Lipinski definition) is 1. The average Bonchev–Trinajstić information content (AvgIpc) is 3.29. The molecule has 4 heterocycles. The highest BCUT2D eigenvalue weighted by molar-refractivity contribution is 6.14. The van der Waals surface area contributed by atoms with Gasteiger partial charge in [0, 0.05) is 18.0 Å². The van der Waals surface area contributed by atoms with Gasteiger partial charge in [-0.1, -0.05) is 36.4 Å². The molecular weight excluding hydrogens is 322 g/mol. The second-order valence-electron chi connectivity index (χ2n) is 6.52. The second-order valence-corrected chi connectivity index (χ2v) is 6.52. The van der Waals surface area contributed by atoms with Crippen molar-refractivity contribution in [1.29, 1.82) is 0 Å². The van der Waals surface area contributed by atoms with Crippen molar-refractivity contribution in [2.75, 3.05) is 10.2 Å². The number of benzene rings is 2. The van der Waals surface area contributed by atoms with Crippen LogP contribution in [0, 0.1) is 0 Å². The minimum absolute atomic E-state index is 0.0286. The third-order valence-corrected chi connectivity index (χ3v) is 4.99. The number of fused-ring (bicyclic) bond motifs is 6. The Labute approximate surface area is 150 Å². The van der Waals surface area contributed by atoms with Crippen LogP contribution in [0.3, 0.4) is 0 Å². The predicted octanol–water partition coefficient (Wildman–Crippen LogP) is 4.36. The minimum atomic E-state index is 0.0286. The molecule has 0 saturated carbocycles. The first-order valence-corrected chi connectivity index (χ1v) is 8.65. The number of nitrogens with one attached hydrogen (secondary N) is 1. The van der Waals surface area contributed by atoms with Gasteiger partial charge in [-0.2, -0.15) is 0 Å². The largest absolute Gasteiger partial charge is 0.359 e. The van der Waals surface area contributed by atoms with E-state index < -0.39 is 0 Å². The summed E-state index contributed by atoms with van der Waals surface area (Å²) in [7, 11) is 0. The molecule has 26 heavy (non-hydrogen) atoms. The van der Waals surface area contributed by atoms with Crippen LogP contribution in [0.1, 0.15) is 17.4 Å². The smallest absolute Gasteiger partial charge is 0.163 e. The summed E-state index contributed by atoms with van der Waals surface area (Å²) in [6.07, 6.45) is 4.08. The molecule has 1 atom stereocenters. The van der Waals surface area contributed by atoms with Gasteiger partial charge in [0.25, 0.3) is 0 Å². The molecule has 0 spiro atoms. The van der Waals surface area contributed by atoms with Crippen molar-refractivity contribution in [3.8, 4) is 0 Å². The fourth-order valence-corrected chi connectivity index (χ4v) is 3.82. The number of amidine groups is 1. The molecule has 124 valence electrons. The van der Waals surface area contributed by atoms with Crippen LogP contribution in [-0.4, -0.2) is 15.2 Å². The van der Waals surface area contributed by atoms with Crippen LogP contribution >= 0.6 is 0 Å². The van der Waals surface area contributed by atoms with Crippen LogP contribution in [0.4, 0.5) is 17.1 Å². The maximum absolute atomic E-state index is 4.98. The Morgan fingerprint density at radius 1 is 0.885 bits per heavy atom. The zero-order chi connectivity index (χ0) is 17.1. The monoisotopic (exact) mass is 337 g/mol. The van der Waals surface area contributed by atoms with Gasteiger partial charge in [-0.25, -0.2) is 9.98 Å². The lowest BCUT2D eigenvalue weighted by molar-refractivity contribution is 0.830. The van der Waals surface area contributed by atoms with E-state index in [4.69, 9.17) is 9.98 Å². The molecule has 2 aromatic heterocycles. The summed E-state index contributed by atoms with van der Waals surface area (Å²) in [4.78, 5) is 12.0. The Balaban J connectivity index is 1.62. The Morgan fingerprint density at radius 2 is 1.73 bits per heavy atom. The van der Waals surface area contributed by atoms with Gasteiger partial charge < -0.3 is 9.72 Å². The highest BCUT2D eigenvalue weighted by Gasteiger charge is 2.38. The van der Waals surface area contributed by atoms with Crippen molar-refractivity contribution >= 4 is 28.5 Å². The molecule has 1 unspecified atom stereocenters. The molecule has 0 fully saturated rings. The molecule has 0 amide bonds. The normalized spacial score (nSPS) is 17.3. The molecule has 2 aliphatic rings. The van der Waals surface area contributed by atoms with Crippen LogP contribution < -0.4 is 10.2 Å². The summed E-state index contributed by atoms with van der Waals surface area (Å²) in [5, 5.41) is 3.64. The summed E-state index contributed by atoms with van der Waals surface area (Å²) in [6.45, 7) is 0. The summed E-state index contributed by atoms with van der Waals surface area (Å²) < 4.78 is 2.03. The fourth-order valence-electron chi connectivity index (χ4n) is 3.82. The number of aliphatic imine (C=N–C) groups is 1. The number of nitrogens with zero attached hydrogens (tertiary/aromatic N) is 4. The van der Waals surface area contributed by atoms with Crippen molar-refractivity contribution in [1.82, 2.24) is 9.38 Å². The molecule has 2 aromatic carbocycles. The molecule has 0 bridgehead atoms. The quantitative estimate of drug-likeness (QED) is 0.561. The molecule has 6 rings (SSSR count). The number of anilines is 2. The fraction of sp³-hybridized carbons (Fsp3) is 0.0476. The first-order chi connectivity index (χ1) is 12.9. The zero-order valence-electron chi connectivity index (χ0n) is 13.9. The van der Waals surface area contributed by atoms with Crippen molar-refractivity contribution in [2.45, 2.75) is 6.17 Å². The Bertz CT molecular complexity index is 1160. The van der Waals surface area contributed by atoms with E-state index >= 15 is 0 Å². The van der Waals surface area contributed by atoms with E-state index in [0.717, 1.165) is 34.2 Å². The standard InChI is InChI=1S/C21H15N5/c1-2-8-15-14(7-1)20-24-16-9-3-4-10-18(16)26(20)21(23-15)17-13-25-12-6-5-11-19(25)22-17/h1-13,20,24H. The van der Waals surface area contributed by atoms with Crippen LogP contribution in [0.25, 0.3) is 5.65 Å². The average molecular weight is 337 g/mol. The van der Waals surface area contributed by atoms with Crippen molar-refractivity contribution in [3.63, 3.8) is 0 Å². The highest BCUT2D eigenvalue weighted by Crippen LogP contribution is 2.46. The first-order valence-electron chi connectivity index (χ1n) is 8.65. The van der Waals surface area contributed by atoms with E-state index in [1.807, 2.05) is 41.1 Å². The number of imidazole rings is 1. The molecule has 5 nitrogen and oxygen atoms in total. The van der Waals surface area contributed by atoms with Crippen molar-refractivity contribution < 1.29 is 0 Å². The summed E-state index contributed by atoms with van der Waals surface area (Å²) in [5.41, 5.74) is 6.20. The van der Waals surface area contributed by atoms with E-state index in [0.29, 0.717) is 0 Å². The van der Waals surface area contributed by atoms with Crippen molar-refractivity contribution in [2.24, 2.45) is 4.99 Å². The Hall–Kier alpha value is -3.60. The van der Waals surface area contributed by atoms with Crippen LogP contribution in [0.5, 0.6) is 0 Å². The number of rotatable bonds is 1. The van der Waals surface area contributed by atoms with Gasteiger partial charge in [0.05, 0.1) is 17.1 Å². The Morgan fingerprint density at radius 3 is 2.69 bits per heavy atom. The second kappa shape index (κ2) is 4.95. The Kier molecular flexibility index (Phi) is 2.60. The maximum Gasteiger partial charge on any atom is 0.163 e. The molecule has 0 radical (unpaired) electrons. The van der Waals surface area contributed by atoms with Crippen LogP contribution in [-0.2, 0) is 0 Å². The molecule has 5 heteroatoms. The number of hydrogen-bond acceptors (Lipinski definition) is 4. The third kappa shape index (κ3) is 1.80. The SMILES string of the molecule is c1ccc2c(c1)N=C(c1cn3ccccc3n1)N1c3ccccc3NC21. The molecule has 0 saturated heterocycles. The van der Waals surface area contributed by atoms with Crippen molar-refractivity contribution in [3.05, 3.63) is 90.4 Å². The number of para-hydroxylation sites is 3. The van der Waals surface area contributed by atoms with E-state index in [1.165, 1.54) is 5.56 Å². The summed E-state index contributed by atoms with van der Waals surface area (Å²) in [5.74, 6) is 0.870. The van der Waals surface area contributed by atoms with Gasteiger partial charge >= 0.3 is 0 Å².